The molecule has 1 amide bonds. The molecule has 3 heterocycles. The van der Waals surface area contributed by atoms with Gasteiger partial charge >= 0.3 is 5.97 Å². The molecule has 1 aliphatic rings. The second-order valence-corrected chi connectivity index (χ2v) is 9.97. The first kappa shape index (κ1) is 27.3. The van der Waals surface area contributed by atoms with Gasteiger partial charge in [0.15, 0.2) is 5.11 Å². The highest BCUT2D eigenvalue weighted by Crippen LogP contribution is 2.44. The van der Waals surface area contributed by atoms with Crippen molar-refractivity contribution in [2.45, 2.75) is 19.0 Å². The maximum Gasteiger partial charge on any atom is 0.335 e. The van der Waals surface area contributed by atoms with Gasteiger partial charge in [0.2, 0.25) is 5.91 Å². The lowest BCUT2D eigenvalue weighted by Crippen LogP contribution is -2.29. The number of benzene rings is 2. The molecule has 5 rings (SSSR count). The Labute approximate surface area is 240 Å². The van der Waals surface area contributed by atoms with E-state index in [-0.39, 0.29) is 24.1 Å². The number of carbonyl (C=O) groups is 2. The molecule has 2 atom stereocenters. The molecule has 3 N–H and O–H groups in total. The molecule has 0 saturated carbocycles. The number of carboxylic acids is 1. The van der Waals surface area contributed by atoms with E-state index in [1.165, 1.54) is 25.3 Å². The maximum atomic E-state index is 12.1. The predicted octanol–water partition coefficient (Wildman–Crippen LogP) is 5.76. The van der Waals surface area contributed by atoms with Crippen molar-refractivity contribution in [2.24, 2.45) is 0 Å². The third kappa shape index (κ3) is 5.42. The third-order valence-corrected chi connectivity index (χ3v) is 7.18. The standard InChI is InChI=1S/C29H25ClN4O5S/c1-16-13-18(7-9-21(16)32-25(35)15-38-2)34-27(26(33-29(34)40)22-5-3-4-12-31-22)24-11-10-23(39-24)19-14-17(28(36)37)6-8-20(19)30/h3-14,26-27H,15H2,1-2H3,(H,32,35)(H,33,40)(H,36,37)/t26-,27+/m0/s1. The fraction of sp³-hybridized carbons (Fsp3) is 0.172. The van der Waals surface area contributed by atoms with Gasteiger partial charge in [-0.1, -0.05) is 17.7 Å². The monoisotopic (exact) mass is 576 g/mol. The number of hydrogen-bond acceptors (Lipinski definition) is 6. The number of anilines is 2. The number of aromatic nitrogens is 1. The summed E-state index contributed by atoms with van der Waals surface area (Å²) < 4.78 is 11.2. The van der Waals surface area contributed by atoms with Crippen LogP contribution in [0.1, 0.15) is 39.5 Å². The van der Waals surface area contributed by atoms with Crippen LogP contribution in [-0.2, 0) is 9.53 Å². The van der Waals surface area contributed by atoms with Crippen LogP contribution in [0.2, 0.25) is 5.02 Å². The second kappa shape index (κ2) is 11.5. The number of furan rings is 1. The van der Waals surface area contributed by atoms with E-state index in [1.807, 2.05) is 54.3 Å². The minimum Gasteiger partial charge on any atom is -0.478 e. The summed E-state index contributed by atoms with van der Waals surface area (Å²) in [6.07, 6.45) is 1.71. The zero-order valence-electron chi connectivity index (χ0n) is 21.6. The van der Waals surface area contributed by atoms with Crippen molar-refractivity contribution < 1.29 is 23.8 Å². The van der Waals surface area contributed by atoms with E-state index in [0.717, 1.165) is 16.9 Å². The zero-order chi connectivity index (χ0) is 28.4. The summed E-state index contributed by atoms with van der Waals surface area (Å²) in [4.78, 5) is 30.1. The largest absolute Gasteiger partial charge is 0.478 e. The SMILES string of the molecule is COCC(=O)Nc1ccc(N2C(=S)N[C@@H](c3ccccn3)[C@H]2c2ccc(-c3cc(C(=O)O)ccc3Cl)o2)cc1C. The van der Waals surface area contributed by atoms with Crippen LogP contribution in [0.15, 0.2) is 77.3 Å². The summed E-state index contributed by atoms with van der Waals surface area (Å²) in [5, 5.41) is 16.5. The number of rotatable bonds is 8. The molecule has 1 aliphatic heterocycles. The third-order valence-electron chi connectivity index (χ3n) is 6.53. The van der Waals surface area contributed by atoms with Gasteiger partial charge in [-0.2, -0.15) is 0 Å². The Balaban J connectivity index is 1.56. The van der Waals surface area contributed by atoms with Gasteiger partial charge in [0.05, 0.1) is 22.3 Å². The molecular weight excluding hydrogens is 552 g/mol. The number of carbonyl (C=O) groups excluding carboxylic acids is 1. The van der Waals surface area contributed by atoms with E-state index in [0.29, 0.717) is 32.9 Å². The summed E-state index contributed by atoms with van der Waals surface area (Å²) >= 11 is 12.2. The first-order valence-corrected chi connectivity index (χ1v) is 13.1. The molecule has 40 heavy (non-hydrogen) atoms. The molecule has 4 aromatic rings. The molecule has 9 nitrogen and oxygen atoms in total. The first-order chi connectivity index (χ1) is 19.3. The lowest BCUT2D eigenvalue weighted by atomic mass is 10.0. The van der Waals surface area contributed by atoms with E-state index in [4.69, 9.17) is 33.0 Å². The Kier molecular flexibility index (Phi) is 7.83. The number of thiocarbonyl (C=S) groups is 1. The van der Waals surface area contributed by atoms with Crippen LogP contribution in [0.4, 0.5) is 11.4 Å². The summed E-state index contributed by atoms with van der Waals surface area (Å²) in [6, 6.07) is 18.5. The van der Waals surface area contributed by atoms with Gasteiger partial charge < -0.3 is 29.8 Å². The molecule has 0 bridgehead atoms. The van der Waals surface area contributed by atoms with Crippen LogP contribution in [0, 0.1) is 6.92 Å². The molecule has 0 aliphatic carbocycles. The molecule has 0 radical (unpaired) electrons. The molecule has 2 aromatic carbocycles. The molecule has 1 fully saturated rings. The van der Waals surface area contributed by atoms with E-state index in [2.05, 4.69) is 15.6 Å². The number of methoxy groups -OCH3 is 1. The van der Waals surface area contributed by atoms with Crippen molar-refractivity contribution in [3.8, 4) is 11.3 Å². The fourth-order valence-corrected chi connectivity index (χ4v) is 5.24. The van der Waals surface area contributed by atoms with Crippen LogP contribution in [-0.4, -0.2) is 40.8 Å². The lowest BCUT2D eigenvalue weighted by molar-refractivity contribution is -0.119. The number of halogens is 1. The Bertz CT molecular complexity index is 1590. The number of pyridine rings is 1. The normalized spacial score (nSPS) is 16.6. The van der Waals surface area contributed by atoms with Gasteiger partial charge in [-0.3, -0.25) is 9.78 Å². The van der Waals surface area contributed by atoms with Crippen LogP contribution in [0.25, 0.3) is 11.3 Å². The summed E-state index contributed by atoms with van der Waals surface area (Å²) in [6.45, 7) is 1.85. The van der Waals surface area contributed by atoms with Crippen molar-refractivity contribution in [3.63, 3.8) is 0 Å². The quantitative estimate of drug-likeness (QED) is 0.225. The molecule has 2 aromatic heterocycles. The molecule has 1 saturated heterocycles. The van der Waals surface area contributed by atoms with Gasteiger partial charge in [-0.15, -0.1) is 0 Å². The highest BCUT2D eigenvalue weighted by Gasteiger charge is 2.42. The molecule has 11 heteroatoms. The molecular formula is C29H25ClN4O5S. The highest BCUT2D eigenvalue weighted by molar-refractivity contribution is 7.80. The van der Waals surface area contributed by atoms with Crippen LogP contribution in [0.5, 0.6) is 0 Å². The predicted molar refractivity (Wildman–Crippen MR) is 156 cm³/mol. The number of ether oxygens (including phenoxy) is 1. The minimum absolute atomic E-state index is 0.0463. The van der Waals surface area contributed by atoms with Crippen molar-refractivity contribution in [2.75, 3.05) is 23.9 Å². The molecule has 0 unspecified atom stereocenters. The number of aryl methyl sites for hydroxylation is 1. The number of aromatic carboxylic acids is 1. The number of nitrogens with one attached hydrogen (secondary N) is 2. The Morgan fingerprint density at radius 1 is 1.18 bits per heavy atom. The second-order valence-electron chi connectivity index (χ2n) is 9.18. The van der Waals surface area contributed by atoms with Gasteiger partial charge in [-0.05, 0) is 85.4 Å². The van der Waals surface area contributed by atoms with Gasteiger partial charge in [0, 0.05) is 30.2 Å². The van der Waals surface area contributed by atoms with E-state index in [1.54, 1.807) is 12.3 Å². The number of nitrogens with zero attached hydrogens (tertiary/aromatic N) is 2. The van der Waals surface area contributed by atoms with Gasteiger partial charge in [-0.25, -0.2) is 4.79 Å². The minimum atomic E-state index is -1.06. The smallest absolute Gasteiger partial charge is 0.335 e. The van der Waals surface area contributed by atoms with Gasteiger partial charge in [0.25, 0.3) is 0 Å². The van der Waals surface area contributed by atoms with E-state index in [9.17, 15) is 14.7 Å². The van der Waals surface area contributed by atoms with Crippen LogP contribution in [0.3, 0.4) is 0 Å². The van der Waals surface area contributed by atoms with Crippen LogP contribution >= 0.6 is 23.8 Å². The summed E-state index contributed by atoms with van der Waals surface area (Å²) in [5.74, 6) is -0.315. The lowest BCUT2D eigenvalue weighted by Gasteiger charge is -2.27. The van der Waals surface area contributed by atoms with Crippen molar-refractivity contribution in [3.05, 3.63) is 101 Å². The number of carboxylic acid groups (broad SMARTS) is 1. The number of amides is 1. The van der Waals surface area contributed by atoms with Gasteiger partial charge in [0.1, 0.15) is 24.2 Å². The fourth-order valence-electron chi connectivity index (χ4n) is 4.68. The van der Waals surface area contributed by atoms with E-state index >= 15 is 0 Å². The van der Waals surface area contributed by atoms with E-state index < -0.39 is 12.0 Å². The average Bonchev–Trinajstić information content (AvgIpc) is 3.55. The zero-order valence-corrected chi connectivity index (χ0v) is 23.1. The highest BCUT2D eigenvalue weighted by atomic mass is 35.5. The van der Waals surface area contributed by atoms with Crippen LogP contribution < -0.4 is 15.5 Å². The first-order valence-electron chi connectivity index (χ1n) is 12.3. The van der Waals surface area contributed by atoms with Crippen molar-refractivity contribution in [1.29, 1.82) is 0 Å². The Hall–Kier alpha value is -4.25. The topological polar surface area (TPSA) is 117 Å². The molecule has 204 valence electrons. The molecule has 0 spiro atoms. The number of hydrogen-bond donors (Lipinski definition) is 3. The Morgan fingerprint density at radius 3 is 2.70 bits per heavy atom. The summed E-state index contributed by atoms with van der Waals surface area (Å²) in [5.41, 5.74) is 3.61. The van der Waals surface area contributed by atoms with Crippen molar-refractivity contribution >= 4 is 52.2 Å². The maximum absolute atomic E-state index is 12.1. The summed E-state index contributed by atoms with van der Waals surface area (Å²) in [7, 11) is 1.46. The average molecular weight is 577 g/mol. The Morgan fingerprint density at radius 2 is 2.00 bits per heavy atom. The van der Waals surface area contributed by atoms with Crippen molar-refractivity contribution in [1.82, 2.24) is 10.3 Å².